The van der Waals surface area contributed by atoms with Crippen molar-refractivity contribution in [2.24, 2.45) is 5.92 Å². The maximum absolute atomic E-state index is 11.7. The Morgan fingerprint density at radius 3 is 2.36 bits per heavy atom. The molecule has 0 saturated carbocycles. The molecule has 1 rings (SSSR count). The summed E-state index contributed by atoms with van der Waals surface area (Å²) in [4.78, 5) is 13.7. The van der Waals surface area contributed by atoms with Crippen LogP contribution in [-0.4, -0.2) is 41.5 Å². The Labute approximate surface area is 135 Å². The molecule has 124 valence electrons. The molecule has 1 unspecified atom stereocenters. The van der Waals surface area contributed by atoms with Crippen LogP contribution in [0.3, 0.4) is 0 Å². The largest absolute Gasteiger partial charge is 0.390 e. The number of rotatable bonds is 9. The van der Waals surface area contributed by atoms with Gasteiger partial charge in [0.25, 0.3) is 0 Å². The Morgan fingerprint density at radius 1 is 1.27 bits per heavy atom. The topological polar surface area (TPSA) is 40.5 Å². The van der Waals surface area contributed by atoms with Crippen molar-refractivity contribution in [1.82, 2.24) is 4.90 Å². The van der Waals surface area contributed by atoms with Crippen LogP contribution in [0.2, 0.25) is 0 Å². The van der Waals surface area contributed by atoms with Crippen LogP contribution in [0.1, 0.15) is 45.6 Å². The van der Waals surface area contributed by atoms with Crippen molar-refractivity contribution < 1.29 is 9.90 Å². The molecule has 3 heteroatoms. The number of carbonyl (C=O) groups excluding carboxylic acids is 1. The highest BCUT2D eigenvalue weighted by molar-refractivity contribution is 5.81. The fourth-order valence-corrected chi connectivity index (χ4v) is 2.92. The molecule has 0 aliphatic heterocycles. The lowest BCUT2D eigenvalue weighted by molar-refractivity contribution is -0.121. The fraction of sp³-hybridized carbons (Fsp3) is 0.632. The maximum Gasteiger partial charge on any atom is 0.146 e. The monoisotopic (exact) mass is 305 g/mol. The van der Waals surface area contributed by atoms with Crippen molar-refractivity contribution in [1.29, 1.82) is 0 Å². The standard InChI is InChI=1S/C19H31NO2/c1-15(13-18(16(2)21)20(4)5)11-12-19(3,22)14-17-9-7-6-8-10-17/h6-10,15,18,22H,11-14H2,1-5H3/t15-,18+,19?/m1/s1. The Hall–Kier alpha value is -1.19. The number of nitrogens with zero attached hydrogens (tertiary/aromatic N) is 1. The second-order valence-corrected chi connectivity index (χ2v) is 7.13. The van der Waals surface area contributed by atoms with Crippen LogP contribution in [0, 0.1) is 5.92 Å². The number of hydrogen-bond donors (Lipinski definition) is 1. The van der Waals surface area contributed by atoms with Crippen LogP contribution in [-0.2, 0) is 11.2 Å². The average molecular weight is 305 g/mol. The number of carbonyl (C=O) groups is 1. The molecule has 22 heavy (non-hydrogen) atoms. The first kappa shape index (κ1) is 18.9. The van der Waals surface area contributed by atoms with E-state index in [1.807, 2.05) is 44.1 Å². The van der Waals surface area contributed by atoms with Gasteiger partial charge in [-0.1, -0.05) is 37.3 Å². The molecule has 0 bridgehead atoms. The summed E-state index contributed by atoms with van der Waals surface area (Å²) < 4.78 is 0. The van der Waals surface area contributed by atoms with Gasteiger partial charge in [-0.15, -0.1) is 0 Å². The van der Waals surface area contributed by atoms with Crippen molar-refractivity contribution in [3.05, 3.63) is 35.9 Å². The van der Waals surface area contributed by atoms with E-state index in [9.17, 15) is 9.90 Å². The van der Waals surface area contributed by atoms with Gasteiger partial charge >= 0.3 is 0 Å². The summed E-state index contributed by atoms with van der Waals surface area (Å²) in [5.74, 6) is 0.631. The van der Waals surface area contributed by atoms with E-state index < -0.39 is 5.60 Å². The highest BCUT2D eigenvalue weighted by Gasteiger charge is 2.24. The first-order valence-corrected chi connectivity index (χ1v) is 8.14. The summed E-state index contributed by atoms with van der Waals surface area (Å²) in [5.41, 5.74) is 0.467. The van der Waals surface area contributed by atoms with Crippen LogP contribution in [0.15, 0.2) is 30.3 Å². The smallest absolute Gasteiger partial charge is 0.146 e. The summed E-state index contributed by atoms with van der Waals surface area (Å²) in [6.07, 6.45) is 3.20. The molecule has 3 atom stereocenters. The highest BCUT2D eigenvalue weighted by Crippen LogP contribution is 2.24. The van der Waals surface area contributed by atoms with Gasteiger partial charge in [-0.3, -0.25) is 9.69 Å². The minimum Gasteiger partial charge on any atom is -0.390 e. The predicted octanol–water partition coefficient (Wildman–Crippen LogP) is 3.31. The third-order valence-corrected chi connectivity index (χ3v) is 4.32. The van der Waals surface area contributed by atoms with E-state index in [0.29, 0.717) is 12.3 Å². The summed E-state index contributed by atoms with van der Waals surface area (Å²) in [7, 11) is 3.90. The van der Waals surface area contributed by atoms with Crippen molar-refractivity contribution in [3.63, 3.8) is 0 Å². The number of Topliss-reactive ketones (excluding diaryl/α,β-unsaturated/α-hetero) is 1. The second kappa shape index (κ2) is 8.44. The van der Waals surface area contributed by atoms with Crippen molar-refractivity contribution in [3.8, 4) is 0 Å². The lowest BCUT2D eigenvalue weighted by atomic mass is 9.86. The SMILES string of the molecule is CC(=O)[C@H](C[C@H](C)CCC(C)(O)Cc1ccccc1)N(C)C. The lowest BCUT2D eigenvalue weighted by Gasteiger charge is -2.28. The molecule has 0 spiro atoms. The fourth-order valence-electron chi connectivity index (χ4n) is 2.92. The summed E-state index contributed by atoms with van der Waals surface area (Å²) >= 11 is 0. The quantitative estimate of drug-likeness (QED) is 0.761. The van der Waals surface area contributed by atoms with E-state index in [0.717, 1.165) is 24.8 Å². The van der Waals surface area contributed by atoms with E-state index >= 15 is 0 Å². The van der Waals surface area contributed by atoms with Crippen molar-refractivity contribution in [2.75, 3.05) is 14.1 Å². The van der Waals surface area contributed by atoms with Gasteiger partial charge in [-0.2, -0.15) is 0 Å². The summed E-state index contributed by atoms with van der Waals surface area (Å²) in [5, 5.41) is 10.6. The normalized spacial score (nSPS) is 17.0. The molecule has 0 saturated heterocycles. The Morgan fingerprint density at radius 2 is 1.86 bits per heavy atom. The second-order valence-electron chi connectivity index (χ2n) is 7.13. The number of ketones is 1. The summed E-state index contributed by atoms with van der Waals surface area (Å²) in [6.45, 7) is 5.72. The zero-order valence-electron chi connectivity index (χ0n) is 14.7. The minimum absolute atomic E-state index is 0.0194. The molecule has 0 aliphatic rings. The van der Waals surface area contributed by atoms with Gasteiger partial charge < -0.3 is 5.11 Å². The number of aliphatic hydroxyl groups is 1. The molecule has 0 aromatic heterocycles. The Balaban J connectivity index is 2.48. The molecule has 0 radical (unpaired) electrons. The maximum atomic E-state index is 11.7. The molecule has 0 aliphatic carbocycles. The number of likely N-dealkylation sites (N-methyl/N-ethyl adjacent to an activating group) is 1. The van der Waals surface area contributed by atoms with Gasteiger partial charge in [0.2, 0.25) is 0 Å². The molecule has 3 nitrogen and oxygen atoms in total. The van der Waals surface area contributed by atoms with E-state index in [-0.39, 0.29) is 11.8 Å². The van der Waals surface area contributed by atoms with Crippen molar-refractivity contribution in [2.45, 2.75) is 58.1 Å². The van der Waals surface area contributed by atoms with E-state index in [1.54, 1.807) is 6.92 Å². The first-order chi connectivity index (χ1) is 10.2. The highest BCUT2D eigenvalue weighted by atomic mass is 16.3. The van der Waals surface area contributed by atoms with Gasteiger partial charge in [-0.05, 0) is 58.7 Å². The number of benzene rings is 1. The van der Waals surface area contributed by atoms with Crippen LogP contribution in [0.4, 0.5) is 0 Å². The van der Waals surface area contributed by atoms with E-state index in [4.69, 9.17) is 0 Å². The zero-order valence-corrected chi connectivity index (χ0v) is 14.7. The molecule has 1 N–H and O–H groups in total. The van der Waals surface area contributed by atoms with Gasteiger partial charge in [0, 0.05) is 6.42 Å². The van der Waals surface area contributed by atoms with Gasteiger partial charge in [-0.25, -0.2) is 0 Å². The van der Waals surface area contributed by atoms with Crippen molar-refractivity contribution >= 4 is 5.78 Å². The van der Waals surface area contributed by atoms with Crippen LogP contribution < -0.4 is 0 Å². The third-order valence-electron chi connectivity index (χ3n) is 4.32. The molecule has 0 fully saturated rings. The van der Waals surface area contributed by atoms with E-state index in [1.165, 1.54) is 0 Å². The van der Waals surface area contributed by atoms with Gasteiger partial charge in [0.05, 0.1) is 11.6 Å². The zero-order chi connectivity index (χ0) is 16.8. The molecular weight excluding hydrogens is 274 g/mol. The molecule has 1 aromatic rings. The molecule has 0 amide bonds. The molecule has 0 heterocycles. The minimum atomic E-state index is -0.695. The van der Waals surface area contributed by atoms with Crippen LogP contribution >= 0.6 is 0 Å². The van der Waals surface area contributed by atoms with Gasteiger partial charge in [0.15, 0.2) is 0 Å². The Kier molecular flexibility index (Phi) is 7.24. The predicted molar refractivity (Wildman–Crippen MR) is 91.9 cm³/mol. The van der Waals surface area contributed by atoms with Gasteiger partial charge in [0.1, 0.15) is 5.78 Å². The molecular formula is C19H31NO2. The van der Waals surface area contributed by atoms with E-state index in [2.05, 4.69) is 19.1 Å². The molecule has 1 aromatic carbocycles. The third kappa shape index (κ3) is 6.71. The lowest BCUT2D eigenvalue weighted by Crippen LogP contribution is -2.36. The average Bonchev–Trinajstić information content (AvgIpc) is 2.42. The van der Waals surface area contributed by atoms with Crippen LogP contribution in [0.25, 0.3) is 0 Å². The summed E-state index contributed by atoms with van der Waals surface area (Å²) in [6, 6.07) is 10.1. The Bertz CT molecular complexity index is 454. The first-order valence-electron chi connectivity index (χ1n) is 8.14. The van der Waals surface area contributed by atoms with Crippen LogP contribution in [0.5, 0.6) is 0 Å². The number of hydrogen-bond acceptors (Lipinski definition) is 3.